The highest BCUT2D eigenvalue weighted by molar-refractivity contribution is 7.92. The number of aromatic hydroxyl groups is 1. The Bertz CT molecular complexity index is 1280. The molecule has 8 nitrogen and oxygen atoms in total. The SMILES string of the molecule is CS(=O)(=O)Nc1cc(C(O)CNCCOc2ccc3c(c2)Cc2cc(N)ccc2-3)ccc1O.Cl. The molecule has 3 aromatic rings. The molecule has 0 saturated heterocycles. The predicted molar refractivity (Wildman–Crippen MR) is 136 cm³/mol. The molecule has 0 aromatic heterocycles. The number of anilines is 2. The van der Waals surface area contributed by atoms with Gasteiger partial charge in [0.2, 0.25) is 10.0 Å². The van der Waals surface area contributed by atoms with Gasteiger partial charge >= 0.3 is 0 Å². The first-order chi connectivity index (χ1) is 15.7. The molecule has 1 unspecified atom stereocenters. The van der Waals surface area contributed by atoms with Gasteiger partial charge in [0.1, 0.15) is 18.1 Å². The van der Waals surface area contributed by atoms with Crippen molar-refractivity contribution in [1.82, 2.24) is 5.32 Å². The summed E-state index contributed by atoms with van der Waals surface area (Å²) in [6.45, 7) is 1.17. The summed E-state index contributed by atoms with van der Waals surface area (Å²) in [6, 6.07) is 16.3. The highest BCUT2D eigenvalue weighted by Gasteiger charge is 2.19. The minimum absolute atomic E-state index is 0. The first-order valence-corrected chi connectivity index (χ1v) is 12.4. The van der Waals surface area contributed by atoms with E-state index >= 15 is 0 Å². The molecule has 0 radical (unpaired) electrons. The zero-order valence-corrected chi connectivity index (χ0v) is 20.2. The average molecular weight is 506 g/mol. The molecule has 34 heavy (non-hydrogen) atoms. The van der Waals surface area contributed by atoms with Gasteiger partial charge in [-0.25, -0.2) is 8.42 Å². The maximum Gasteiger partial charge on any atom is 0.229 e. The zero-order chi connectivity index (χ0) is 23.6. The maximum absolute atomic E-state index is 11.4. The number of nitrogens with two attached hydrogens (primary N) is 1. The normalized spacial score (nSPS) is 12.9. The first kappa shape index (κ1) is 25.6. The van der Waals surface area contributed by atoms with Gasteiger partial charge in [-0.2, -0.15) is 0 Å². The molecule has 0 saturated carbocycles. The van der Waals surface area contributed by atoms with Crippen molar-refractivity contribution in [2.24, 2.45) is 0 Å². The van der Waals surface area contributed by atoms with Gasteiger partial charge in [0, 0.05) is 18.8 Å². The molecule has 0 fully saturated rings. The average Bonchev–Trinajstić information content (AvgIpc) is 3.10. The molecule has 10 heteroatoms. The van der Waals surface area contributed by atoms with Crippen LogP contribution in [0.5, 0.6) is 11.5 Å². The Morgan fingerprint density at radius 1 is 1.06 bits per heavy atom. The Balaban J connectivity index is 0.00000324. The minimum atomic E-state index is -3.54. The quantitative estimate of drug-likeness (QED) is 0.134. The summed E-state index contributed by atoms with van der Waals surface area (Å²) in [4.78, 5) is 0. The van der Waals surface area contributed by atoms with Gasteiger partial charge in [0.25, 0.3) is 0 Å². The molecule has 182 valence electrons. The van der Waals surface area contributed by atoms with E-state index in [0.717, 1.165) is 24.1 Å². The second-order valence-corrected chi connectivity index (χ2v) is 9.88. The highest BCUT2D eigenvalue weighted by Crippen LogP contribution is 2.39. The van der Waals surface area contributed by atoms with Crippen LogP contribution in [0.2, 0.25) is 0 Å². The van der Waals surface area contributed by atoms with Crippen LogP contribution in [0.1, 0.15) is 22.8 Å². The topological polar surface area (TPSA) is 134 Å². The van der Waals surface area contributed by atoms with Gasteiger partial charge in [-0.1, -0.05) is 18.2 Å². The third-order valence-electron chi connectivity index (χ3n) is 5.46. The molecule has 0 bridgehead atoms. The molecule has 0 aliphatic heterocycles. The van der Waals surface area contributed by atoms with Crippen LogP contribution in [0.15, 0.2) is 54.6 Å². The van der Waals surface area contributed by atoms with E-state index in [9.17, 15) is 18.6 Å². The summed E-state index contributed by atoms with van der Waals surface area (Å²) in [5, 5.41) is 23.3. The fourth-order valence-electron chi connectivity index (χ4n) is 3.94. The molecule has 1 aliphatic rings. The second kappa shape index (κ2) is 10.5. The van der Waals surface area contributed by atoms with Crippen LogP contribution in [0.4, 0.5) is 11.4 Å². The number of hydrogen-bond donors (Lipinski definition) is 5. The molecule has 3 aromatic carbocycles. The maximum atomic E-state index is 11.4. The Kier molecular flexibility index (Phi) is 7.93. The van der Waals surface area contributed by atoms with E-state index in [1.165, 1.54) is 34.4 Å². The van der Waals surface area contributed by atoms with Crippen LogP contribution in [0.25, 0.3) is 11.1 Å². The van der Waals surface area contributed by atoms with Gasteiger partial charge < -0.3 is 26.0 Å². The van der Waals surface area contributed by atoms with E-state index in [2.05, 4.69) is 22.2 Å². The number of nitrogens with one attached hydrogen (secondary N) is 2. The largest absolute Gasteiger partial charge is 0.506 e. The van der Waals surface area contributed by atoms with Crippen molar-refractivity contribution in [3.8, 4) is 22.6 Å². The van der Waals surface area contributed by atoms with E-state index < -0.39 is 16.1 Å². The van der Waals surface area contributed by atoms with Crippen LogP contribution < -0.4 is 20.5 Å². The van der Waals surface area contributed by atoms with Crippen molar-refractivity contribution in [3.63, 3.8) is 0 Å². The Morgan fingerprint density at radius 3 is 2.50 bits per heavy atom. The number of sulfonamides is 1. The van der Waals surface area contributed by atoms with Crippen molar-refractivity contribution >= 4 is 33.8 Å². The number of ether oxygens (including phenoxy) is 1. The van der Waals surface area contributed by atoms with Gasteiger partial charge in [0.15, 0.2) is 0 Å². The third kappa shape index (κ3) is 6.12. The summed E-state index contributed by atoms with van der Waals surface area (Å²) in [5.41, 5.74) is 12.0. The van der Waals surface area contributed by atoms with Crippen molar-refractivity contribution in [2.45, 2.75) is 12.5 Å². The van der Waals surface area contributed by atoms with E-state index in [1.807, 2.05) is 24.3 Å². The van der Waals surface area contributed by atoms with Crippen LogP contribution in [-0.2, 0) is 16.4 Å². The monoisotopic (exact) mass is 505 g/mol. The molecule has 0 amide bonds. The number of nitrogen functional groups attached to an aromatic ring is 1. The second-order valence-electron chi connectivity index (χ2n) is 8.13. The van der Waals surface area contributed by atoms with Crippen molar-refractivity contribution in [2.75, 3.05) is 36.4 Å². The van der Waals surface area contributed by atoms with E-state index in [1.54, 1.807) is 6.07 Å². The number of aliphatic hydroxyl groups excluding tert-OH is 1. The van der Waals surface area contributed by atoms with Crippen molar-refractivity contribution < 1.29 is 23.4 Å². The van der Waals surface area contributed by atoms with Gasteiger partial charge in [0.05, 0.1) is 18.0 Å². The summed E-state index contributed by atoms with van der Waals surface area (Å²) < 4.78 is 30.9. The molecular weight excluding hydrogens is 478 g/mol. The van der Waals surface area contributed by atoms with Gasteiger partial charge in [-0.3, -0.25) is 4.72 Å². The molecule has 0 heterocycles. The molecule has 1 aliphatic carbocycles. The lowest BCUT2D eigenvalue weighted by Gasteiger charge is -2.15. The molecule has 4 rings (SSSR count). The van der Waals surface area contributed by atoms with Gasteiger partial charge in [-0.05, 0) is 70.6 Å². The number of halogens is 1. The van der Waals surface area contributed by atoms with E-state index in [0.29, 0.717) is 18.7 Å². The summed E-state index contributed by atoms with van der Waals surface area (Å²) in [5.74, 6) is 0.575. The number of phenolic OH excluding ortho intramolecular Hbond substituents is 1. The van der Waals surface area contributed by atoms with Crippen molar-refractivity contribution in [3.05, 3.63) is 71.3 Å². The minimum Gasteiger partial charge on any atom is -0.506 e. The third-order valence-corrected chi connectivity index (χ3v) is 6.05. The van der Waals surface area contributed by atoms with Crippen LogP contribution in [0.3, 0.4) is 0 Å². The summed E-state index contributed by atoms with van der Waals surface area (Å²) in [7, 11) is -3.54. The number of benzene rings is 3. The molecular formula is C24H28ClN3O5S. The highest BCUT2D eigenvalue weighted by atomic mass is 35.5. The lowest BCUT2D eigenvalue weighted by atomic mass is 10.1. The number of fused-ring (bicyclic) bond motifs is 3. The smallest absolute Gasteiger partial charge is 0.229 e. The van der Waals surface area contributed by atoms with E-state index in [-0.39, 0.29) is 30.4 Å². The fraction of sp³-hybridized carbons (Fsp3) is 0.250. The summed E-state index contributed by atoms with van der Waals surface area (Å²) >= 11 is 0. The van der Waals surface area contributed by atoms with Gasteiger partial charge in [-0.15, -0.1) is 12.4 Å². The fourth-order valence-corrected chi connectivity index (χ4v) is 4.50. The lowest BCUT2D eigenvalue weighted by molar-refractivity contribution is 0.172. The number of hydrogen-bond acceptors (Lipinski definition) is 7. The predicted octanol–water partition coefficient (Wildman–Crippen LogP) is 3.04. The zero-order valence-electron chi connectivity index (χ0n) is 18.6. The number of aliphatic hydroxyl groups is 1. The number of phenols is 1. The Labute approximate surface area is 205 Å². The summed E-state index contributed by atoms with van der Waals surface area (Å²) in [6.07, 6.45) is 0.948. The van der Waals surface area contributed by atoms with E-state index in [4.69, 9.17) is 10.5 Å². The lowest BCUT2D eigenvalue weighted by Crippen LogP contribution is -2.26. The first-order valence-electron chi connectivity index (χ1n) is 10.5. The van der Waals surface area contributed by atoms with Crippen LogP contribution in [0, 0.1) is 0 Å². The molecule has 6 N–H and O–H groups in total. The Hall–Kier alpha value is -2.98. The number of rotatable bonds is 9. The molecule has 0 spiro atoms. The Morgan fingerprint density at radius 2 is 1.76 bits per heavy atom. The van der Waals surface area contributed by atoms with Crippen molar-refractivity contribution in [1.29, 1.82) is 0 Å². The van der Waals surface area contributed by atoms with Crippen LogP contribution >= 0.6 is 12.4 Å². The van der Waals surface area contributed by atoms with Crippen LogP contribution in [-0.4, -0.2) is 44.6 Å². The standard InChI is InChI=1S/C24H27N3O5S.ClH/c1-33(30,31)27-22-13-15(2-7-23(22)28)24(29)14-26-8-9-32-19-4-6-21-17(12-19)10-16-11-18(25)3-5-20(16)21;/h2-7,11-13,24,26-29H,8-10,14,25H2,1H3;1H. The molecule has 1 atom stereocenters.